The van der Waals surface area contributed by atoms with E-state index in [0.29, 0.717) is 12.5 Å². The lowest BCUT2D eigenvalue weighted by Crippen LogP contribution is -2.39. The van der Waals surface area contributed by atoms with Crippen molar-refractivity contribution in [3.8, 4) is 0 Å². The van der Waals surface area contributed by atoms with Gasteiger partial charge in [-0.05, 0) is 37.0 Å². The number of nitrogens with two attached hydrogens (primary N) is 1. The molecule has 0 saturated heterocycles. The summed E-state index contributed by atoms with van der Waals surface area (Å²) in [6.07, 6.45) is 4.82. The average molecular weight is 369 g/mol. The van der Waals surface area contributed by atoms with Crippen molar-refractivity contribution >= 4 is 16.0 Å². The van der Waals surface area contributed by atoms with Gasteiger partial charge in [0.2, 0.25) is 10.0 Å². The van der Waals surface area contributed by atoms with Gasteiger partial charge in [-0.2, -0.15) is 0 Å². The minimum absolute atomic E-state index is 0.115. The number of hydrogen-bond acceptors (Lipinski definition) is 3. The largest absolute Gasteiger partial charge is 0.357 e. The van der Waals surface area contributed by atoms with Crippen molar-refractivity contribution in [3.05, 3.63) is 29.8 Å². The highest BCUT2D eigenvalue weighted by atomic mass is 32.2. The summed E-state index contributed by atoms with van der Waals surface area (Å²) in [5.74, 6) is 1.38. The topological polar surface area (TPSA) is 96.6 Å². The minimum Gasteiger partial charge on any atom is -0.357 e. The number of guanidine groups is 1. The first-order chi connectivity index (χ1) is 11.9. The van der Waals surface area contributed by atoms with Crippen molar-refractivity contribution < 1.29 is 8.42 Å². The van der Waals surface area contributed by atoms with Gasteiger partial charge in [0.1, 0.15) is 0 Å². The summed E-state index contributed by atoms with van der Waals surface area (Å²) in [4.78, 5) is 4.67. The standard InChI is InChI=1S/C18H32N4O2S/c1-4-7-9-15(5-2)13-21-18(20-6-3)22-14-16-10-8-11-17(12-16)25(19,23)24/h8,10-12,15H,4-7,9,13-14H2,1-3H3,(H2,19,23,24)(H2,20,21,22). The van der Waals surface area contributed by atoms with Crippen LogP contribution in [0.3, 0.4) is 0 Å². The lowest BCUT2D eigenvalue weighted by atomic mass is 9.99. The zero-order chi connectivity index (χ0) is 18.7. The number of nitrogens with one attached hydrogen (secondary N) is 2. The van der Waals surface area contributed by atoms with Crippen molar-refractivity contribution in [1.82, 2.24) is 10.6 Å². The fraction of sp³-hybridized carbons (Fsp3) is 0.611. The molecule has 25 heavy (non-hydrogen) atoms. The molecule has 142 valence electrons. The Morgan fingerprint density at radius 3 is 2.60 bits per heavy atom. The average Bonchev–Trinajstić information content (AvgIpc) is 2.59. The van der Waals surface area contributed by atoms with Crippen LogP contribution in [0.2, 0.25) is 0 Å². The van der Waals surface area contributed by atoms with Crippen LogP contribution in [0, 0.1) is 5.92 Å². The number of aliphatic imine (C=N–C) groups is 1. The lowest BCUT2D eigenvalue weighted by molar-refractivity contribution is 0.443. The highest BCUT2D eigenvalue weighted by Gasteiger charge is 2.09. The van der Waals surface area contributed by atoms with E-state index in [4.69, 9.17) is 5.14 Å². The first-order valence-corrected chi connectivity index (χ1v) is 10.6. The van der Waals surface area contributed by atoms with E-state index in [0.717, 1.165) is 31.0 Å². The molecule has 0 aromatic heterocycles. The zero-order valence-electron chi connectivity index (χ0n) is 15.6. The summed E-state index contributed by atoms with van der Waals surface area (Å²) in [6, 6.07) is 6.59. The minimum atomic E-state index is -3.69. The highest BCUT2D eigenvalue weighted by Crippen LogP contribution is 2.12. The molecule has 1 rings (SSSR count). The van der Waals surface area contributed by atoms with Gasteiger partial charge < -0.3 is 10.6 Å². The molecular formula is C18H32N4O2S. The maximum Gasteiger partial charge on any atom is 0.238 e. The molecule has 7 heteroatoms. The van der Waals surface area contributed by atoms with Gasteiger partial charge in [0.25, 0.3) is 0 Å². The smallest absolute Gasteiger partial charge is 0.238 e. The van der Waals surface area contributed by atoms with Crippen LogP contribution in [0.4, 0.5) is 0 Å². The Hall–Kier alpha value is -1.60. The normalized spacial score (nSPS) is 13.5. The second-order valence-electron chi connectivity index (χ2n) is 6.18. The summed E-state index contributed by atoms with van der Waals surface area (Å²) in [6.45, 7) is 8.50. The zero-order valence-corrected chi connectivity index (χ0v) is 16.4. The van der Waals surface area contributed by atoms with Crippen LogP contribution < -0.4 is 15.8 Å². The third-order valence-electron chi connectivity index (χ3n) is 4.09. The third kappa shape index (κ3) is 8.36. The van der Waals surface area contributed by atoms with Gasteiger partial charge in [0.05, 0.1) is 11.4 Å². The Labute approximate surface area is 152 Å². The fourth-order valence-corrected chi connectivity index (χ4v) is 3.10. The van der Waals surface area contributed by atoms with Gasteiger partial charge in [-0.15, -0.1) is 0 Å². The van der Waals surface area contributed by atoms with Crippen LogP contribution in [-0.4, -0.2) is 27.5 Å². The van der Waals surface area contributed by atoms with E-state index in [1.807, 2.05) is 13.0 Å². The van der Waals surface area contributed by atoms with Crippen LogP contribution in [0.15, 0.2) is 34.2 Å². The molecule has 0 amide bonds. The summed E-state index contributed by atoms with van der Waals surface area (Å²) in [5.41, 5.74) is 0.807. The molecule has 0 spiro atoms. The molecule has 0 heterocycles. The molecule has 1 aromatic carbocycles. The molecule has 0 bridgehead atoms. The number of hydrogen-bond donors (Lipinski definition) is 3. The summed E-state index contributed by atoms with van der Waals surface area (Å²) >= 11 is 0. The fourth-order valence-electron chi connectivity index (χ4n) is 2.52. The number of sulfonamides is 1. The molecule has 0 fully saturated rings. The quantitative estimate of drug-likeness (QED) is 0.437. The van der Waals surface area contributed by atoms with E-state index in [2.05, 4.69) is 29.5 Å². The third-order valence-corrected chi connectivity index (χ3v) is 5.00. The molecule has 1 aromatic rings. The number of primary sulfonamides is 1. The molecule has 0 aliphatic rings. The van der Waals surface area contributed by atoms with Crippen LogP contribution in [-0.2, 0) is 16.6 Å². The van der Waals surface area contributed by atoms with Gasteiger partial charge in [0.15, 0.2) is 5.96 Å². The van der Waals surface area contributed by atoms with Gasteiger partial charge in [-0.3, -0.25) is 0 Å². The molecule has 4 N–H and O–H groups in total. The summed E-state index contributed by atoms with van der Waals surface area (Å²) in [7, 11) is -3.69. The van der Waals surface area contributed by atoms with Crippen LogP contribution in [0.25, 0.3) is 0 Å². The van der Waals surface area contributed by atoms with Gasteiger partial charge in [0, 0.05) is 13.1 Å². The molecule has 6 nitrogen and oxygen atoms in total. The molecule has 1 unspecified atom stereocenters. The van der Waals surface area contributed by atoms with Crippen LogP contribution in [0.5, 0.6) is 0 Å². The number of benzene rings is 1. The maximum absolute atomic E-state index is 11.4. The van der Waals surface area contributed by atoms with E-state index in [9.17, 15) is 8.42 Å². The van der Waals surface area contributed by atoms with Crippen molar-refractivity contribution in [2.75, 3.05) is 13.1 Å². The number of unbranched alkanes of at least 4 members (excludes halogenated alkanes) is 1. The second kappa shape index (κ2) is 11.1. The molecule has 0 saturated carbocycles. The predicted octanol–water partition coefficient (Wildman–Crippen LogP) is 2.61. The Morgan fingerprint density at radius 1 is 1.24 bits per heavy atom. The van der Waals surface area contributed by atoms with Crippen molar-refractivity contribution in [1.29, 1.82) is 0 Å². The summed E-state index contributed by atoms with van der Waals surface area (Å²) in [5, 5.41) is 11.8. The molecule has 0 aliphatic carbocycles. The maximum atomic E-state index is 11.4. The molecular weight excluding hydrogens is 336 g/mol. The second-order valence-corrected chi connectivity index (χ2v) is 7.75. The van der Waals surface area contributed by atoms with Crippen molar-refractivity contribution in [2.45, 2.75) is 57.9 Å². The van der Waals surface area contributed by atoms with E-state index < -0.39 is 10.0 Å². The SMILES string of the molecule is CCCCC(CC)CNC(=NCc1cccc(S(N)(=O)=O)c1)NCC. The van der Waals surface area contributed by atoms with Crippen LogP contribution in [0.1, 0.15) is 52.0 Å². The molecule has 1 atom stereocenters. The van der Waals surface area contributed by atoms with Crippen LogP contribution >= 0.6 is 0 Å². The van der Waals surface area contributed by atoms with Gasteiger partial charge in [-0.25, -0.2) is 18.5 Å². The number of rotatable bonds is 10. The Kier molecular flexibility index (Phi) is 9.52. The first kappa shape index (κ1) is 21.4. The van der Waals surface area contributed by atoms with Crippen molar-refractivity contribution in [3.63, 3.8) is 0 Å². The predicted molar refractivity (Wildman–Crippen MR) is 104 cm³/mol. The van der Waals surface area contributed by atoms with Gasteiger partial charge in [-0.1, -0.05) is 45.2 Å². The van der Waals surface area contributed by atoms with E-state index in [1.54, 1.807) is 12.1 Å². The molecule has 0 aliphatic heterocycles. The first-order valence-electron chi connectivity index (χ1n) is 9.04. The summed E-state index contributed by atoms with van der Waals surface area (Å²) < 4.78 is 22.9. The Morgan fingerprint density at radius 2 is 2.00 bits per heavy atom. The van der Waals surface area contributed by atoms with Crippen molar-refractivity contribution in [2.24, 2.45) is 16.0 Å². The Balaban J connectivity index is 2.72. The monoisotopic (exact) mass is 368 g/mol. The van der Waals surface area contributed by atoms with E-state index >= 15 is 0 Å². The van der Waals surface area contributed by atoms with E-state index in [1.165, 1.54) is 25.3 Å². The van der Waals surface area contributed by atoms with E-state index in [-0.39, 0.29) is 4.90 Å². The number of nitrogens with zero attached hydrogens (tertiary/aromatic N) is 1. The van der Waals surface area contributed by atoms with Gasteiger partial charge >= 0.3 is 0 Å². The molecule has 0 radical (unpaired) electrons. The lowest BCUT2D eigenvalue weighted by Gasteiger charge is -2.18. The Bertz CT molecular complexity index is 644. The highest BCUT2D eigenvalue weighted by molar-refractivity contribution is 7.89.